The Morgan fingerprint density at radius 2 is 1.60 bits per heavy atom. The van der Waals surface area contributed by atoms with E-state index in [1.165, 1.54) is 4.90 Å². The van der Waals surface area contributed by atoms with Crippen molar-refractivity contribution in [3.05, 3.63) is 58.9 Å². The number of rotatable bonds is 8. The van der Waals surface area contributed by atoms with Crippen molar-refractivity contribution < 1.29 is 37.1 Å². The molecule has 0 radical (unpaired) electrons. The number of nitrogens with zero attached hydrogens (tertiary/aromatic N) is 3. The van der Waals surface area contributed by atoms with Crippen LogP contribution in [0, 0.1) is 23.7 Å². The van der Waals surface area contributed by atoms with E-state index in [0.717, 1.165) is 75.3 Å². The van der Waals surface area contributed by atoms with Crippen molar-refractivity contribution in [1.82, 2.24) is 24.5 Å². The smallest absolute Gasteiger partial charge is 0.306 e. The van der Waals surface area contributed by atoms with Crippen LogP contribution in [-0.4, -0.2) is 82.1 Å². The summed E-state index contributed by atoms with van der Waals surface area (Å²) >= 11 is 0. The zero-order valence-corrected chi connectivity index (χ0v) is 36.4. The van der Waals surface area contributed by atoms with Gasteiger partial charge in [0.05, 0.1) is 35.0 Å². The van der Waals surface area contributed by atoms with Gasteiger partial charge in [0.1, 0.15) is 23.8 Å². The highest BCUT2D eigenvalue weighted by Crippen LogP contribution is 2.47. The van der Waals surface area contributed by atoms with Gasteiger partial charge in [0.25, 0.3) is 17.5 Å². The van der Waals surface area contributed by atoms with Crippen LogP contribution in [0.25, 0.3) is 22.0 Å². The van der Waals surface area contributed by atoms with Crippen LogP contribution in [0.2, 0.25) is 0 Å². The Hall–Kier alpha value is -4.79. The quantitative estimate of drug-likeness (QED) is 0.263. The predicted octanol–water partition coefficient (Wildman–Crippen LogP) is 5.79. The number of carbonyl (C=O) groups excluding carboxylic acids is 4. The molecular weight excluding hydrogens is 811 g/mol. The van der Waals surface area contributed by atoms with E-state index in [0.29, 0.717) is 43.1 Å². The average molecular weight is 870 g/mol. The maximum Gasteiger partial charge on any atom is 0.306 e. The number of sulfonamides is 1. The minimum atomic E-state index is -3.89. The molecule has 5 fully saturated rings. The lowest BCUT2D eigenvalue weighted by molar-refractivity contribution is -0.156. The van der Waals surface area contributed by atoms with Crippen LogP contribution in [0.1, 0.15) is 116 Å². The van der Waals surface area contributed by atoms with Gasteiger partial charge in [0.15, 0.2) is 0 Å². The zero-order valence-electron chi connectivity index (χ0n) is 35.6. The number of amides is 3. The first-order chi connectivity index (χ1) is 29.9. The topological polar surface area (TPSA) is 183 Å². The molecule has 14 nitrogen and oxygen atoms in total. The maximum atomic E-state index is 15.1. The number of esters is 1. The molecule has 332 valence electrons. The highest BCUT2D eigenvalue weighted by Gasteiger charge is 2.62. The molecule has 4 aliphatic carbocycles. The molecule has 15 heteroatoms. The molecule has 6 aliphatic rings. The van der Waals surface area contributed by atoms with Crippen molar-refractivity contribution in [1.29, 1.82) is 0 Å². The summed E-state index contributed by atoms with van der Waals surface area (Å²) in [6.45, 7) is 2.21. The third-order valence-corrected chi connectivity index (χ3v) is 16.5. The maximum absolute atomic E-state index is 15.1. The minimum Gasteiger partial charge on any atom is -0.462 e. The van der Waals surface area contributed by atoms with E-state index in [1.54, 1.807) is 10.6 Å². The van der Waals surface area contributed by atoms with Crippen molar-refractivity contribution in [3.63, 3.8) is 0 Å². The molecular formula is C47H59N5O9S. The van der Waals surface area contributed by atoms with Gasteiger partial charge in [-0.3, -0.25) is 33.3 Å². The number of carbonyl (C=O) groups is 4. The molecule has 9 rings (SSSR count). The van der Waals surface area contributed by atoms with E-state index in [2.05, 4.69) is 10.0 Å². The van der Waals surface area contributed by atoms with Gasteiger partial charge >= 0.3 is 5.97 Å². The second kappa shape index (κ2) is 17.4. The van der Waals surface area contributed by atoms with Crippen LogP contribution in [-0.2, 0) is 40.5 Å². The summed E-state index contributed by atoms with van der Waals surface area (Å²) in [7, 11) is -3.89. The Kier molecular flexibility index (Phi) is 11.9. The fourth-order valence-corrected chi connectivity index (χ4v) is 12.2. The van der Waals surface area contributed by atoms with Crippen LogP contribution in [0.5, 0.6) is 6.01 Å². The number of aromatic nitrogens is 2. The van der Waals surface area contributed by atoms with Gasteiger partial charge in [-0.25, -0.2) is 8.42 Å². The van der Waals surface area contributed by atoms with Crippen LogP contribution in [0.15, 0.2) is 53.3 Å². The van der Waals surface area contributed by atoms with Crippen LogP contribution >= 0.6 is 0 Å². The number of nitrogens with one attached hydrogen (secondary N) is 2. The van der Waals surface area contributed by atoms with Gasteiger partial charge in [0.2, 0.25) is 21.8 Å². The highest BCUT2D eigenvalue weighted by atomic mass is 32.2. The van der Waals surface area contributed by atoms with Crippen LogP contribution in [0.4, 0.5) is 0 Å². The molecule has 2 bridgehead atoms. The summed E-state index contributed by atoms with van der Waals surface area (Å²) < 4.78 is 42.5. The van der Waals surface area contributed by atoms with Gasteiger partial charge in [-0.1, -0.05) is 75.4 Å². The number of benzene rings is 2. The largest absolute Gasteiger partial charge is 0.462 e. The number of hydrogen-bond acceptors (Lipinski definition) is 10. The molecule has 3 amide bonds. The molecule has 0 spiro atoms. The van der Waals surface area contributed by atoms with E-state index in [4.69, 9.17) is 14.5 Å². The Bertz CT molecular complexity index is 2380. The third kappa shape index (κ3) is 8.62. The van der Waals surface area contributed by atoms with E-state index in [9.17, 15) is 27.6 Å². The second-order valence-corrected chi connectivity index (χ2v) is 20.8. The van der Waals surface area contributed by atoms with Crippen molar-refractivity contribution in [3.8, 4) is 17.1 Å². The van der Waals surface area contributed by atoms with E-state index in [-0.39, 0.29) is 67.1 Å². The fraction of sp³-hybridized carbons (Fsp3) is 0.617. The minimum absolute atomic E-state index is 0.0235. The molecule has 2 N–H and O–H groups in total. The lowest BCUT2D eigenvalue weighted by Crippen LogP contribution is -2.57. The van der Waals surface area contributed by atoms with Gasteiger partial charge in [-0.15, -0.1) is 0 Å². The fourth-order valence-electron chi connectivity index (χ4n) is 10.9. The lowest BCUT2D eigenvalue weighted by atomic mass is 9.86. The molecule has 3 aromatic rings. The standard InChI is InChI=1S/C47H59N5O9S/c1-2-33-27-47(33,45(57)50-62(58,59)35-20-21-35)49-42(54)39-25-34-28-52(39)44(56)37(30-14-8-9-15-30)26-41(53)61-40-18-11-17-31(40)16-7-4-10-23-51-43(55)36-22-19-32(29-12-5-3-6-13-29)24-38(36)48-46(51)60-34/h3,5-6,12-13,19,22,24,30-31,33-35,37,39-40H,2,4,7-11,14-18,20-21,23,25-28H2,1H3,(H,49,54)(H,50,57)/t31-,33+,34-,37+,39+,40-,47-/m1/s1. The number of ether oxygens (including phenoxy) is 2. The van der Waals surface area contributed by atoms with E-state index < -0.39 is 56.7 Å². The third-order valence-electron chi connectivity index (χ3n) is 14.7. The normalized spacial score (nSPS) is 29.8. The van der Waals surface area contributed by atoms with Crippen molar-refractivity contribution in [2.24, 2.45) is 23.7 Å². The Balaban J connectivity index is 1.07. The first kappa shape index (κ1) is 42.5. The van der Waals surface area contributed by atoms with E-state index >= 15 is 4.79 Å². The Morgan fingerprint density at radius 1 is 0.855 bits per heavy atom. The van der Waals surface area contributed by atoms with Crippen molar-refractivity contribution >= 4 is 44.6 Å². The summed E-state index contributed by atoms with van der Waals surface area (Å²) in [6, 6.07) is 14.4. The molecule has 4 saturated carbocycles. The summed E-state index contributed by atoms with van der Waals surface area (Å²) in [5, 5.41) is 2.77. The first-order valence-electron chi connectivity index (χ1n) is 23.1. The molecule has 7 atom stereocenters. The van der Waals surface area contributed by atoms with Crippen LogP contribution in [0.3, 0.4) is 0 Å². The van der Waals surface area contributed by atoms with Gasteiger partial charge < -0.3 is 19.7 Å². The van der Waals surface area contributed by atoms with Gasteiger partial charge in [-0.2, -0.15) is 4.98 Å². The zero-order chi connectivity index (χ0) is 43.2. The second-order valence-electron chi connectivity index (χ2n) is 18.8. The monoisotopic (exact) mass is 869 g/mol. The number of hydrogen-bond donors (Lipinski definition) is 2. The predicted molar refractivity (Wildman–Crippen MR) is 231 cm³/mol. The molecule has 0 unspecified atom stereocenters. The van der Waals surface area contributed by atoms with Gasteiger partial charge in [0, 0.05) is 13.0 Å². The van der Waals surface area contributed by atoms with Crippen LogP contribution < -0.4 is 20.3 Å². The first-order valence-corrected chi connectivity index (χ1v) is 24.6. The molecule has 2 aromatic carbocycles. The Labute approximate surface area is 362 Å². The molecule has 2 aliphatic heterocycles. The van der Waals surface area contributed by atoms with Crippen molar-refractivity contribution in [2.45, 2.75) is 152 Å². The summed E-state index contributed by atoms with van der Waals surface area (Å²) in [6.07, 6.45) is 10.2. The summed E-state index contributed by atoms with van der Waals surface area (Å²) in [5.74, 6) is -2.96. The molecule has 1 saturated heterocycles. The molecule has 3 heterocycles. The average Bonchev–Trinajstić information content (AvgIpc) is 4.05. The summed E-state index contributed by atoms with van der Waals surface area (Å²) in [4.78, 5) is 78.2. The van der Waals surface area contributed by atoms with E-state index in [1.807, 2.05) is 49.4 Å². The highest BCUT2D eigenvalue weighted by molar-refractivity contribution is 7.91. The van der Waals surface area contributed by atoms with Crippen molar-refractivity contribution in [2.75, 3.05) is 6.54 Å². The Morgan fingerprint density at radius 3 is 2.34 bits per heavy atom. The molecule has 1 aromatic heterocycles. The summed E-state index contributed by atoms with van der Waals surface area (Å²) in [5.41, 5.74) is 0.635. The van der Waals surface area contributed by atoms with Gasteiger partial charge in [-0.05, 0) is 105 Å². The number of fused-ring (bicyclic) bond motifs is 5. The molecule has 62 heavy (non-hydrogen) atoms. The lowest BCUT2D eigenvalue weighted by Gasteiger charge is -2.32. The SMILES string of the molecule is CC[C@H]1C[C@]1(NC(=O)[C@@H]1C[C@@H]2CN1C(=O)[C@H](C1CCCC1)CC(=O)O[C@@H]1CCC[C@H]1CCCCCn1c(nc3cc(-c4ccccc4)ccc3c1=O)O2)C(=O)NS(=O)(=O)C1CC1.